The zero-order valence-corrected chi connectivity index (χ0v) is 13.2. The van der Waals surface area contributed by atoms with Crippen LogP contribution in [-0.2, 0) is 0 Å². The lowest BCUT2D eigenvalue weighted by molar-refractivity contribution is -0.275. The zero-order valence-electron chi connectivity index (χ0n) is 13.2. The Bertz CT molecular complexity index is 657. The quantitative estimate of drug-likeness (QED) is 0.545. The number of halogens is 4. The van der Waals surface area contributed by atoms with Crippen LogP contribution in [0.15, 0.2) is 29.3 Å². The molecule has 126 valence electrons. The van der Waals surface area contributed by atoms with Crippen LogP contribution in [-0.4, -0.2) is 12.1 Å². The number of Topliss-reactive ketones (excluding diaryl/α,β-unsaturated/α-hetero) is 1. The first-order valence-corrected chi connectivity index (χ1v) is 7.31. The van der Waals surface area contributed by atoms with E-state index in [1.165, 1.54) is 0 Å². The molecule has 23 heavy (non-hydrogen) atoms. The predicted octanol–water partition coefficient (Wildman–Crippen LogP) is 5.43. The van der Waals surface area contributed by atoms with Gasteiger partial charge in [-0.1, -0.05) is 19.4 Å². The van der Waals surface area contributed by atoms with Crippen molar-refractivity contribution in [1.29, 1.82) is 0 Å². The van der Waals surface area contributed by atoms with Crippen molar-refractivity contribution in [3.05, 3.63) is 40.7 Å². The van der Waals surface area contributed by atoms with Gasteiger partial charge in [-0.05, 0) is 49.8 Å². The maximum Gasteiger partial charge on any atom is 0.573 e. The zero-order chi connectivity index (χ0) is 17.4. The van der Waals surface area contributed by atoms with Gasteiger partial charge in [0.05, 0.1) is 0 Å². The predicted molar refractivity (Wildman–Crippen MR) is 77.7 cm³/mol. The average Bonchev–Trinajstić information content (AvgIpc) is 2.38. The van der Waals surface area contributed by atoms with Crippen LogP contribution in [0.25, 0.3) is 0 Å². The van der Waals surface area contributed by atoms with Gasteiger partial charge in [-0.3, -0.25) is 4.79 Å². The Morgan fingerprint density at radius 2 is 1.91 bits per heavy atom. The fourth-order valence-electron chi connectivity index (χ4n) is 3.12. The molecule has 0 atom stereocenters. The van der Waals surface area contributed by atoms with E-state index in [-0.39, 0.29) is 16.8 Å². The second kappa shape index (κ2) is 5.98. The summed E-state index contributed by atoms with van der Waals surface area (Å²) in [4.78, 5) is 12.7. The highest BCUT2D eigenvalue weighted by molar-refractivity contribution is 6.10. The number of hydrogen-bond donors (Lipinski definition) is 0. The van der Waals surface area contributed by atoms with Gasteiger partial charge in [-0.25, -0.2) is 4.39 Å². The molecule has 0 aromatic heterocycles. The summed E-state index contributed by atoms with van der Waals surface area (Å²) in [6.45, 7) is 5.76. The molecule has 2 nitrogen and oxygen atoms in total. The summed E-state index contributed by atoms with van der Waals surface area (Å²) >= 11 is 0. The largest absolute Gasteiger partial charge is 0.573 e. The summed E-state index contributed by atoms with van der Waals surface area (Å²) in [5.74, 6) is -2.49. The number of benzene rings is 1. The van der Waals surface area contributed by atoms with E-state index in [1.807, 2.05) is 20.8 Å². The first-order chi connectivity index (χ1) is 10.5. The molecule has 0 radical (unpaired) electrons. The number of hydrogen-bond acceptors (Lipinski definition) is 2. The normalized spacial score (nSPS) is 18.0. The number of ketones is 1. The van der Waals surface area contributed by atoms with Gasteiger partial charge in [0.1, 0.15) is 0 Å². The summed E-state index contributed by atoms with van der Waals surface area (Å²) in [6, 6.07) is 2.80. The van der Waals surface area contributed by atoms with Crippen molar-refractivity contribution in [2.45, 2.75) is 46.4 Å². The lowest BCUT2D eigenvalue weighted by Crippen LogP contribution is -2.26. The van der Waals surface area contributed by atoms with Crippen LogP contribution in [0.5, 0.6) is 5.75 Å². The minimum atomic E-state index is -4.98. The lowest BCUT2D eigenvalue weighted by atomic mass is 9.70. The van der Waals surface area contributed by atoms with E-state index in [1.54, 1.807) is 0 Å². The molecule has 0 spiro atoms. The molecule has 0 N–H and O–H groups in total. The van der Waals surface area contributed by atoms with E-state index in [9.17, 15) is 22.4 Å². The second-order valence-corrected chi connectivity index (χ2v) is 6.41. The standard InChI is InChI=1S/C17H18F4O2/c1-10-5-4-8-16(2,3)14(10)15(22)11-6-7-13(12(18)9-11)23-17(19,20)21/h6-7,9H,4-5,8H2,1-3H3. The van der Waals surface area contributed by atoms with Crippen molar-refractivity contribution < 1.29 is 27.1 Å². The first kappa shape index (κ1) is 17.5. The van der Waals surface area contributed by atoms with Crippen molar-refractivity contribution in [2.75, 3.05) is 0 Å². The Hall–Kier alpha value is -1.85. The van der Waals surface area contributed by atoms with Crippen LogP contribution in [0.2, 0.25) is 0 Å². The highest BCUT2D eigenvalue weighted by Crippen LogP contribution is 2.41. The molecule has 0 bridgehead atoms. The Morgan fingerprint density at radius 1 is 1.26 bits per heavy atom. The Kier molecular flexibility index (Phi) is 4.55. The third-order valence-electron chi connectivity index (χ3n) is 4.10. The molecular weight excluding hydrogens is 312 g/mol. The van der Waals surface area contributed by atoms with Gasteiger partial charge in [0.15, 0.2) is 17.3 Å². The number of alkyl halides is 3. The number of carbonyl (C=O) groups excluding carboxylic acids is 1. The van der Waals surface area contributed by atoms with E-state index in [0.717, 1.165) is 43.0 Å². The molecule has 0 saturated carbocycles. The molecule has 1 aromatic rings. The van der Waals surface area contributed by atoms with Crippen molar-refractivity contribution in [2.24, 2.45) is 5.41 Å². The third-order valence-corrected chi connectivity index (χ3v) is 4.10. The minimum Gasteiger partial charge on any atom is -0.403 e. The van der Waals surface area contributed by atoms with E-state index < -0.39 is 17.9 Å². The van der Waals surface area contributed by atoms with Crippen molar-refractivity contribution in [3.63, 3.8) is 0 Å². The van der Waals surface area contributed by atoms with Crippen molar-refractivity contribution in [1.82, 2.24) is 0 Å². The van der Waals surface area contributed by atoms with Gasteiger partial charge < -0.3 is 4.74 Å². The molecule has 1 aromatic carbocycles. The first-order valence-electron chi connectivity index (χ1n) is 7.31. The van der Waals surface area contributed by atoms with Gasteiger partial charge in [-0.15, -0.1) is 13.2 Å². The van der Waals surface area contributed by atoms with Gasteiger partial charge in [0.2, 0.25) is 0 Å². The minimum absolute atomic E-state index is 0.0290. The lowest BCUT2D eigenvalue weighted by Gasteiger charge is -2.33. The van der Waals surface area contributed by atoms with Gasteiger partial charge >= 0.3 is 6.36 Å². The Balaban J connectivity index is 2.36. The van der Waals surface area contributed by atoms with Gasteiger partial charge in [0.25, 0.3) is 0 Å². The molecule has 0 saturated heterocycles. The highest BCUT2D eigenvalue weighted by Gasteiger charge is 2.35. The van der Waals surface area contributed by atoms with Crippen molar-refractivity contribution >= 4 is 5.78 Å². The maximum atomic E-state index is 13.8. The maximum absolute atomic E-state index is 13.8. The molecule has 1 aliphatic rings. The SMILES string of the molecule is CC1=C(C(=O)c2ccc(OC(F)(F)F)c(F)c2)C(C)(C)CCC1. The van der Waals surface area contributed by atoms with E-state index in [0.29, 0.717) is 5.57 Å². The van der Waals surface area contributed by atoms with Crippen LogP contribution in [0.4, 0.5) is 17.6 Å². The molecule has 6 heteroatoms. The number of rotatable bonds is 3. The molecule has 0 fully saturated rings. The molecule has 0 amide bonds. The topological polar surface area (TPSA) is 26.3 Å². The van der Waals surface area contributed by atoms with Crippen molar-refractivity contribution in [3.8, 4) is 5.75 Å². The second-order valence-electron chi connectivity index (χ2n) is 6.41. The summed E-state index contributed by atoms with van der Waals surface area (Å²) < 4.78 is 53.9. The number of allylic oxidation sites excluding steroid dienone is 2. The van der Waals surface area contributed by atoms with Crippen LogP contribution < -0.4 is 4.74 Å². The smallest absolute Gasteiger partial charge is 0.403 e. The number of ether oxygens (including phenoxy) is 1. The van der Waals surface area contributed by atoms with Gasteiger partial charge in [-0.2, -0.15) is 0 Å². The summed E-state index contributed by atoms with van der Waals surface area (Å²) in [7, 11) is 0. The Morgan fingerprint density at radius 3 is 2.43 bits per heavy atom. The third kappa shape index (κ3) is 3.92. The molecule has 1 aliphatic carbocycles. The average molecular weight is 330 g/mol. The van der Waals surface area contributed by atoms with Crippen LogP contribution in [0, 0.1) is 11.2 Å². The summed E-state index contributed by atoms with van der Waals surface area (Å²) in [5.41, 5.74) is 1.26. The molecule has 0 heterocycles. The monoisotopic (exact) mass is 330 g/mol. The van der Waals surface area contributed by atoms with E-state index in [2.05, 4.69) is 4.74 Å². The highest BCUT2D eigenvalue weighted by atomic mass is 19.4. The fourth-order valence-corrected chi connectivity index (χ4v) is 3.12. The Labute approximate surface area is 132 Å². The van der Waals surface area contributed by atoms with Crippen LogP contribution in [0.1, 0.15) is 50.4 Å². The van der Waals surface area contributed by atoms with E-state index in [4.69, 9.17) is 0 Å². The summed E-state index contributed by atoms with van der Waals surface area (Å²) in [6.07, 6.45) is -2.37. The molecule has 0 aliphatic heterocycles. The molecule has 2 rings (SSSR count). The van der Waals surface area contributed by atoms with Crippen LogP contribution >= 0.6 is 0 Å². The van der Waals surface area contributed by atoms with Crippen LogP contribution in [0.3, 0.4) is 0 Å². The fraction of sp³-hybridized carbons (Fsp3) is 0.471. The van der Waals surface area contributed by atoms with E-state index >= 15 is 0 Å². The summed E-state index contributed by atoms with van der Waals surface area (Å²) in [5, 5.41) is 0. The number of carbonyl (C=O) groups is 1. The van der Waals surface area contributed by atoms with Gasteiger partial charge in [0, 0.05) is 11.1 Å². The molecule has 0 unspecified atom stereocenters. The molecular formula is C17H18F4O2.